The third-order valence-electron chi connectivity index (χ3n) is 2.40. The van der Waals surface area contributed by atoms with Gasteiger partial charge in [-0.2, -0.15) is 0 Å². The zero-order chi connectivity index (χ0) is 11.5. The molecule has 1 aromatic carbocycles. The molecule has 0 fully saturated rings. The normalized spacial score (nSPS) is 13.7. The van der Waals surface area contributed by atoms with Crippen LogP contribution in [0.4, 0.5) is 0 Å². The lowest BCUT2D eigenvalue weighted by molar-refractivity contribution is 0.168. The first-order valence-corrected chi connectivity index (χ1v) is 5.41. The van der Waals surface area contributed by atoms with Crippen LogP contribution in [0.25, 0.3) is 0 Å². The average Bonchev–Trinajstić information content (AvgIpc) is 2.29. The Morgan fingerprint density at radius 2 is 2.19 bits per heavy atom. The first-order valence-electron chi connectivity index (χ1n) is 5.03. The van der Waals surface area contributed by atoms with Gasteiger partial charge in [-0.15, -0.1) is 0 Å². The summed E-state index contributed by atoms with van der Waals surface area (Å²) in [5, 5.41) is 9.50. The Bertz CT molecular complexity index is 392. The Kier molecular flexibility index (Phi) is 3.41. The van der Waals surface area contributed by atoms with Crippen LogP contribution in [0.2, 0.25) is 5.02 Å². The second kappa shape index (κ2) is 4.80. The summed E-state index contributed by atoms with van der Waals surface area (Å²) < 4.78 is 16.2. The predicted octanol–water partition coefficient (Wildman–Crippen LogP) is 1.65. The maximum Gasteiger partial charge on any atom is 0.168 e. The number of halogens is 1. The lowest BCUT2D eigenvalue weighted by Crippen LogP contribution is -2.17. The quantitative estimate of drug-likeness (QED) is 0.879. The van der Waals surface area contributed by atoms with Gasteiger partial charge < -0.3 is 19.3 Å². The van der Waals surface area contributed by atoms with E-state index in [9.17, 15) is 0 Å². The first kappa shape index (κ1) is 11.4. The summed E-state index contributed by atoms with van der Waals surface area (Å²) in [7, 11) is 1.54. The van der Waals surface area contributed by atoms with E-state index in [4.69, 9.17) is 30.9 Å². The number of ether oxygens (including phenoxy) is 3. The zero-order valence-electron chi connectivity index (χ0n) is 8.96. The van der Waals surface area contributed by atoms with Crippen LogP contribution in [0, 0.1) is 0 Å². The van der Waals surface area contributed by atoms with Gasteiger partial charge in [0.1, 0.15) is 19.0 Å². The molecule has 0 amide bonds. The van der Waals surface area contributed by atoms with Crippen LogP contribution >= 0.6 is 11.6 Å². The first-order chi connectivity index (χ1) is 7.77. The topological polar surface area (TPSA) is 47.9 Å². The summed E-state index contributed by atoms with van der Waals surface area (Å²) in [5.41, 5.74) is 0.757. The average molecular weight is 245 g/mol. The molecule has 0 bridgehead atoms. The van der Waals surface area contributed by atoms with E-state index in [1.807, 2.05) is 0 Å². The van der Waals surface area contributed by atoms with Crippen LogP contribution in [0.3, 0.4) is 0 Å². The van der Waals surface area contributed by atoms with Gasteiger partial charge in [0.05, 0.1) is 12.1 Å². The molecule has 0 spiro atoms. The minimum absolute atomic E-state index is 0.00645. The maximum absolute atomic E-state index is 9.04. The van der Waals surface area contributed by atoms with Crippen LogP contribution in [0.5, 0.6) is 17.2 Å². The Balaban J connectivity index is 2.54. The molecule has 0 aromatic heterocycles. The summed E-state index contributed by atoms with van der Waals surface area (Å²) in [4.78, 5) is 0. The maximum atomic E-state index is 9.04. The third kappa shape index (κ3) is 1.90. The summed E-state index contributed by atoms with van der Waals surface area (Å²) in [6.07, 6.45) is 0.426. The lowest BCUT2D eigenvalue weighted by atomic mass is 10.1. The number of hydrogen-bond donors (Lipinski definition) is 1. The molecular weight excluding hydrogens is 232 g/mol. The molecule has 16 heavy (non-hydrogen) atoms. The molecule has 1 aliphatic heterocycles. The molecule has 2 rings (SSSR count). The van der Waals surface area contributed by atoms with Crippen LogP contribution in [0.1, 0.15) is 5.56 Å². The number of hydrogen-bond acceptors (Lipinski definition) is 4. The van der Waals surface area contributed by atoms with E-state index >= 15 is 0 Å². The Labute approximate surface area is 98.7 Å². The van der Waals surface area contributed by atoms with Crippen LogP contribution in [-0.4, -0.2) is 32.0 Å². The van der Waals surface area contributed by atoms with Gasteiger partial charge in [-0.25, -0.2) is 0 Å². The minimum atomic E-state index is 0.00645. The van der Waals surface area contributed by atoms with E-state index in [1.165, 1.54) is 7.11 Å². The molecule has 1 N–H and O–H groups in total. The Morgan fingerprint density at radius 3 is 2.88 bits per heavy atom. The van der Waals surface area contributed by atoms with Crippen molar-refractivity contribution in [3.05, 3.63) is 16.7 Å². The molecule has 1 aliphatic rings. The molecule has 1 aromatic rings. The van der Waals surface area contributed by atoms with E-state index in [1.54, 1.807) is 6.07 Å². The summed E-state index contributed by atoms with van der Waals surface area (Å²) in [6, 6.07) is 1.68. The third-order valence-corrected chi connectivity index (χ3v) is 2.68. The summed E-state index contributed by atoms with van der Waals surface area (Å²) >= 11 is 6.06. The van der Waals surface area contributed by atoms with Gasteiger partial charge in [0.2, 0.25) is 0 Å². The molecule has 0 aliphatic carbocycles. The van der Waals surface area contributed by atoms with Crippen molar-refractivity contribution in [2.45, 2.75) is 6.42 Å². The number of fused-ring (bicyclic) bond motifs is 1. The number of benzene rings is 1. The minimum Gasteiger partial charge on any atom is -0.495 e. The molecule has 4 nitrogen and oxygen atoms in total. The number of rotatable bonds is 3. The van der Waals surface area contributed by atoms with Gasteiger partial charge in [0, 0.05) is 24.7 Å². The van der Waals surface area contributed by atoms with E-state index in [0.29, 0.717) is 41.9 Å². The SMILES string of the molecule is COc1c(Cl)cc2c(c1CCO)OCCO2. The van der Waals surface area contributed by atoms with Crippen molar-refractivity contribution in [3.63, 3.8) is 0 Å². The Hall–Kier alpha value is -1.13. The molecule has 0 atom stereocenters. The lowest BCUT2D eigenvalue weighted by Gasteiger charge is -2.23. The standard InChI is InChI=1S/C11H13ClO4/c1-14-10-7(2-3-13)11-9(6-8(10)12)15-4-5-16-11/h6,13H,2-5H2,1H3. The largest absolute Gasteiger partial charge is 0.495 e. The summed E-state index contributed by atoms with van der Waals surface area (Å²) in [5.74, 6) is 1.78. The highest BCUT2D eigenvalue weighted by Crippen LogP contribution is 2.44. The van der Waals surface area contributed by atoms with Crippen molar-refractivity contribution in [1.29, 1.82) is 0 Å². The fraction of sp³-hybridized carbons (Fsp3) is 0.455. The molecule has 1 heterocycles. The van der Waals surface area contributed by atoms with Gasteiger partial charge >= 0.3 is 0 Å². The van der Waals surface area contributed by atoms with E-state index < -0.39 is 0 Å². The molecular formula is C11H13ClO4. The van der Waals surface area contributed by atoms with Crippen molar-refractivity contribution < 1.29 is 19.3 Å². The van der Waals surface area contributed by atoms with Crippen molar-refractivity contribution in [3.8, 4) is 17.2 Å². The number of aliphatic hydroxyl groups is 1. The fourth-order valence-electron chi connectivity index (χ4n) is 1.76. The highest BCUT2D eigenvalue weighted by Gasteiger charge is 2.22. The van der Waals surface area contributed by atoms with Crippen molar-refractivity contribution >= 4 is 11.6 Å². The molecule has 88 valence electrons. The van der Waals surface area contributed by atoms with Crippen LogP contribution in [-0.2, 0) is 6.42 Å². The van der Waals surface area contributed by atoms with Gasteiger partial charge in [-0.1, -0.05) is 11.6 Å². The monoisotopic (exact) mass is 244 g/mol. The molecule has 0 saturated heterocycles. The predicted molar refractivity (Wildman–Crippen MR) is 59.8 cm³/mol. The van der Waals surface area contributed by atoms with Crippen LogP contribution in [0.15, 0.2) is 6.07 Å². The molecule has 0 radical (unpaired) electrons. The van der Waals surface area contributed by atoms with E-state index in [0.717, 1.165) is 5.56 Å². The second-order valence-corrected chi connectivity index (χ2v) is 3.78. The molecule has 0 saturated carbocycles. The molecule has 0 unspecified atom stereocenters. The fourth-order valence-corrected chi connectivity index (χ4v) is 2.05. The number of aliphatic hydroxyl groups excluding tert-OH is 1. The zero-order valence-corrected chi connectivity index (χ0v) is 9.71. The summed E-state index contributed by atoms with van der Waals surface area (Å²) in [6.45, 7) is 1.01. The highest BCUT2D eigenvalue weighted by atomic mass is 35.5. The highest BCUT2D eigenvalue weighted by molar-refractivity contribution is 6.32. The smallest absolute Gasteiger partial charge is 0.168 e. The van der Waals surface area contributed by atoms with Gasteiger partial charge in [-0.05, 0) is 0 Å². The number of methoxy groups -OCH3 is 1. The van der Waals surface area contributed by atoms with E-state index in [-0.39, 0.29) is 6.61 Å². The Morgan fingerprint density at radius 1 is 1.44 bits per heavy atom. The molecule has 5 heteroatoms. The van der Waals surface area contributed by atoms with Gasteiger partial charge in [0.25, 0.3) is 0 Å². The van der Waals surface area contributed by atoms with E-state index in [2.05, 4.69) is 0 Å². The van der Waals surface area contributed by atoms with Crippen molar-refractivity contribution in [2.75, 3.05) is 26.9 Å². The van der Waals surface area contributed by atoms with Gasteiger partial charge in [-0.3, -0.25) is 0 Å². The van der Waals surface area contributed by atoms with Crippen molar-refractivity contribution in [1.82, 2.24) is 0 Å². The second-order valence-electron chi connectivity index (χ2n) is 3.37. The van der Waals surface area contributed by atoms with Gasteiger partial charge in [0.15, 0.2) is 11.5 Å². The van der Waals surface area contributed by atoms with Crippen LogP contribution < -0.4 is 14.2 Å². The van der Waals surface area contributed by atoms with Crippen molar-refractivity contribution in [2.24, 2.45) is 0 Å².